The third kappa shape index (κ3) is 3.24. The third-order valence-corrected chi connectivity index (χ3v) is 8.85. The molecule has 8 aromatic rings. The predicted octanol–water partition coefficient (Wildman–Crippen LogP) is 7.12. The van der Waals surface area contributed by atoms with Gasteiger partial charge >= 0.3 is 19.5 Å². The molecule has 0 amide bonds. The van der Waals surface area contributed by atoms with E-state index in [9.17, 15) is 0 Å². The van der Waals surface area contributed by atoms with Crippen LogP contribution in [0.5, 0.6) is 0 Å². The van der Waals surface area contributed by atoms with Crippen LogP contribution in [0.3, 0.4) is 0 Å². The molecular weight excluding hydrogens is 603 g/mol. The summed E-state index contributed by atoms with van der Waals surface area (Å²) in [4.78, 5) is 14.7. The zero-order valence-electron chi connectivity index (χ0n) is 21.1. The molecule has 6 nitrogen and oxygen atoms in total. The maximum Gasteiger partial charge on any atom is 2.00 e. The summed E-state index contributed by atoms with van der Waals surface area (Å²) in [5.74, 6) is 2.67. The first-order chi connectivity index (χ1) is 19.3. The van der Waals surface area contributed by atoms with E-state index in [0.717, 1.165) is 63.4 Å². The largest absolute Gasteiger partial charge is 2.00 e. The Balaban J connectivity index is 0.00000245. The zero-order chi connectivity index (χ0) is 25.5. The van der Waals surface area contributed by atoms with Gasteiger partial charge in [-0.2, -0.15) is 0 Å². The third-order valence-electron chi connectivity index (χ3n) is 7.62. The predicted molar refractivity (Wildman–Crippen MR) is 157 cm³/mol. The normalized spacial score (nSPS) is 13.1. The molecule has 6 aromatic heterocycles. The van der Waals surface area contributed by atoms with Crippen LogP contribution < -0.4 is 4.90 Å². The van der Waals surface area contributed by atoms with Gasteiger partial charge in [0.1, 0.15) is 11.6 Å². The molecule has 1 aliphatic heterocycles. The number of thiophene rings is 1. The molecule has 1 aliphatic rings. The van der Waals surface area contributed by atoms with Gasteiger partial charge in [0.05, 0.1) is 22.5 Å². The molecule has 8 heteroatoms. The van der Waals surface area contributed by atoms with Gasteiger partial charge in [-0.3, -0.25) is 9.55 Å². The second-order valence-electron chi connectivity index (χ2n) is 9.77. The van der Waals surface area contributed by atoms with Crippen LogP contribution in [0.1, 0.15) is 4.88 Å². The number of pyridine rings is 2. The zero-order valence-corrected chi connectivity index (χ0v) is 23.5. The van der Waals surface area contributed by atoms with E-state index in [1.165, 1.54) is 15.4 Å². The molecule has 193 valence electrons. The number of imidazole rings is 1. The van der Waals surface area contributed by atoms with E-state index >= 15 is 0 Å². The Morgan fingerprint density at radius 2 is 1.55 bits per heavy atom. The summed E-state index contributed by atoms with van der Waals surface area (Å²) >= 11 is 1.87. The van der Waals surface area contributed by atoms with Gasteiger partial charge in [0, 0.05) is 12.7 Å². The average Bonchev–Trinajstić information content (AvgIpc) is 3.78. The minimum atomic E-state index is 0. The molecule has 1 radical (unpaired) electrons. The maximum atomic E-state index is 5.14. The van der Waals surface area contributed by atoms with Crippen molar-refractivity contribution in [1.29, 1.82) is 0 Å². The number of para-hydroxylation sites is 3. The van der Waals surface area contributed by atoms with Crippen molar-refractivity contribution < 1.29 is 19.5 Å². The Morgan fingerprint density at radius 1 is 0.775 bits per heavy atom. The van der Waals surface area contributed by atoms with Crippen molar-refractivity contribution in [3.63, 3.8) is 0 Å². The summed E-state index contributed by atoms with van der Waals surface area (Å²) in [6, 6.07) is 34.9. The van der Waals surface area contributed by atoms with E-state index in [4.69, 9.17) is 4.98 Å². The molecule has 0 bridgehead atoms. The molecule has 7 heterocycles. The van der Waals surface area contributed by atoms with E-state index in [1.807, 2.05) is 46.4 Å². The molecule has 2 aromatic carbocycles. The van der Waals surface area contributed by atoms with Crippen molar-refractivity contribution in [1.82, 2.24) is 23.5 Å². The monoisotopic (exact) mass is 623 g/mol. The van der Waals surface area contributed by atoms with Crippen molar-refractivity contribution in [3.8, 4) is 11.6 Å². The molecule has 0 atom stereocenters. The first-order valence-corrected chi connectivity index (χ1v) is 13.8. The van der Waals surface area contributed by atoms with Crippen LogP contribution in [0.2, 0.25) is 0 Å². The Labute approximate surface area is 246 Å². The van der Waals surface area contributed by atoms with Crippen molar-refractivity contribution in [2.45, 2.75) is 6.42 Å². The molecule has 0 saturated carbocycles. The molecule has 0 saturated heterocycles. The topological polar surface area (TPSA) is 43.3 Å². The van der Waals surface area contributed by atoms with Crippen LogP contribution in [-0.2, 0) is 25.9 Å². The molecule has 9 rings (SSSR count). The Morgan fingerprint density at radius 3 is 2.42 bits per heavy atom. The van der Waals surface area contributed by atoms with E-state index in [1.54, 1.807) is 0 Å². The summed E-state index contributed by atoms with van der Waals surface area (Å²) < 4.78 is 6.60. The smallest absolute Gasteiger partial charge is 0.429 e. The number of hydrogen-bond donors (Lipinski definition) is 0. The minimum Gasteiger partial charge on any atom is -0.429 e. The van der Waals surface area contributed by atoms with Crippen LogP contribution in [0, 0.1) is 12.3 Å². The van der Waals surface area contributed by atoms with Gasteiger partial charge in [0.15, 0.2) is 0 Å². The molecule has 0 N–H and O–H groups in total. The SMILES string of the molecule is [Rh+2].[c-]1c2c3c(sc2n2c4ccccc4n(-c4cccc(-n5[c-]cc6ccccc65)n4)c12)CCN3c1ccccn1. The second kappa shape index (κ2) is 8.88. The Kier molecular flexibility index (Phi) is 5.24. The van der Waals surface area contributed by atoms with E-state index in [2.05, 4.69) is 97.8 Å². The average molecular weight is 624 g/mol. The van der Waals surface area contributed by atoms with Crippen molar-refractivity contribution in [2.75, 3.05) is 11.4 Å². The quantitative estimate of drug-likeness (QED) is 0.156. The Bertz CT molecular complexity index is 2200. The van der Waals surface area contributed by atoms with E-state index in [-0.39, 0.29) is 19.5 Å². The molecule has 40 heavy (non-hydrogen) atoms. The minimum absolute atomic E-state index is 0. The number of anilines is 2. The molecule has 0 unspecified atom stereocenters. The second-order valence-corrected chi connectivity index (χ2v) is 10.9. The fraction of sp³-hybridized carbons (Fsp3) is 0.0625. The standard InChI is InChI=1S/C32H20N6S.Rh/c1-2-9-23-21(8-1)15-18-35(23)28-13-7-14-29(34-28)37-24-10-3-4-11-25(24)38-30(37)20-22-31-26(39-32(22)38)16-19-36(31)27-12-5-6-17-33-27;/h1-15,17H,16,19H2;/q-2;+2. The summed E-state index contributed by atoms with van der Waals surface area (Å²) in [5.41, 5.74) is 5.56. The summed E-state index contributed by atoms with van der Waals surface area (Å²) in [6.07, 6.45) is 6.25. The fourth-order valence-corrected chi connectivity index (χ4v) is 7.21. The summed E-state index contributed by atoms with van der Waals surface area (Å²) in [5, 5.41) is 2.29. The van der Waals surface area contributed by atoms with Gasteiger partial charge in [-0.1, -0.05) is 60.2 Å². The summed E-state index contributed by atoms with van der Waals surface area (Å²) in [7, 11) is 0. The number of nitrogens with zero attached hydrogens (tertiary/aromatic N) is 6. The van der Waals surface area contributed by atoms with Gasteiger partial charge in [-0.25, -0.2) is 16.3 Å². The van der Waals surface area contributed by atoms with Crippen molar-refractivity contribution >= 4 is 60.6 Å². The van der Waals surface area contributed by atoms with Crippen LogP contribution in [0.25, 0.3) is 49.4 Å². The van der Waals surface area contributed by atoms with Crippen LogP contribution in [0.15, 0.2) is 97.2 Å². The van der Waals surface area contributed by atoms with Crippen molar-refractivity contribution in [2.24, 2.45) is 0 Å². The summed E-state index contributed by atoms with van der Waals surface area (Å²) in [6.45, 7) is 0.938. The fourth-order valence-electron chi connectivity index (χ4n) is 5.95. The molecule has 0 spiro atoms. The van der Waals surface area contributed by atoms with Crippen LogP contribution in [0.4, 0.5) is 11.5 Å². The van der Waals surface area contributed by atoms with E-state index < -0.39 is 0 Å². The number of fused-ring (bicyclic) bond motifs is 8. The maximum absolute atomic E-state index is 5.14. The number of aromatic nitrogens is 5. The molecule has 0 aliphatic carbocycles. The van der Waals surface area contributed by atoms with Gasteiger partial charge in [-0.05, 0) is 52.1 Å². The number of rotatable bonds is 3. The number of benzene rings is 2. The van der Waals surface area contributed by atoms with Crippen LogP contribution >= 0.6 is 11.3 Å². The Hall–Kier alpha value is -4.26. The number of hydrogen-bond acceptors (Lipinski definition) is 4. The van der Waals surface area contributed by atoms with E-state index in [0.29, 0.717) is 0 Å². The van der Waals surface area contributed by atoms with Gasteiger partial charge in [0.25, 0.3) is 0 Å². The van der Waals surface area contributed by atoms with Crippen molar-refractivity contribution in [3.05, 3.63) is 114 Å². The van der Waals surface area contributed by atoms with Gasteiger partial charge in [0.2, 0.25) is 0 Å². The van der Waals surface area contributed by atoms with Gasteiger partial charge in [-0.15, -0.1) is 29.0 Å². The van der Waals surface area contributed by atoms with Crippen LogP contribution in [-0.4, -0.2) is 30.0 Å². The first kappa shape index (κ1) is 23.6. The first-order valence-electron chi connectivity index (χ1n) is 13.0. The molecule has 0 fully saturated rings. The molecular formula is C32H20N6RhS. The van der Waals surface area contributed by atoms with Gasteiger partial charge < -0.3 is 13.9 Å².